The number of alkyl halides is 2. The van der Waals surface area contributed by atoms with Gasteiger partial charge in [0, 0.05) is 36.3 Å². The Morgan fingerprint density at radius 1 is 1.12 bits per heavy atom. The van der Waals surface area contributed by atoms with Crippen molar-refractivity contribution in [1.29, 1.82) is 0 Å². The zero-order valence-corrected chi connectivity index (χ0v) is 22.5. The first-order valence-electron chi connectivity index (χ1n) is 13.0. The summed E-state index contributed by atoms with van der Waals surface area (Å²) in [7, 11) is 3.17. The number of hydrogen-bond donors (Lipinski definition) is 0. The Bertz CT molecular complexity index is 1860. The molecule has 0 bridgehead atoms. The van der Waals surface area contributed by atoms with Crippen LogP contribution in [0.25, 0.3) is 33.8 Å². The molecule has 10 nitrogen and oxygen atoms in total. The lowest BCUT2D eigenvalue weighted by Crippen LogP contribution is -2.27. The second-order valence-corrected chi connectivity index (χ2v) is 9.99. The van der Waals surface area contributed by atoms with Crippen LogP contribution in [-0.4, -0.2) is 46.9 Å². The fourth-order valence-electron chi connectivity index (χ4n) is 4.90. The van der Waals surface area contributed by atoms with Gasteiger partial charge in [-0.25, -0.2) is 33.7 Å². The zero-order valence-electron chi connectivity index (χ0n) is 22.5. The molecule has 4 aromatic heterocycles. The van der Waals surface area contributed by atoms with Gasteiger partial charge in [0.25, 0.3) is 12.0 Å². The first-order chi connectivity index (χ1) is 19.7. The monoisotopic (exact) mass is 557 g/mol. The first-order valence-corrected chi connectivity index (χ1v) is 13.0. The van der Waals surface area contributed by atoms with E-state index in [0.29, 0.717) is 39.7 Å². The summed E-state index contributed by atoms with van der Waals surface area (Å²) >= 11 is 0. The largest absolute Gasteiger partial charge is 0.480 e. The number of carbonyl (C=O) groups is 1. The van der Waals surface area contributed by atoms with E-state index in [1.807, 2.05) is 0 Å². The molecule has 12 heteroatoms. The number of ketones is 1. The van der Waals surface area contributed by atoms with E-state index >= 15 is 0 Å². The molecule has 0 amide bonds. The Morgan fingerprint density at radius 3 is 2.51 bits per heavy atom. The van der Waals surface area contributed by atoms with Gasteiger partial charge in [-0.2, -0.15) is 0 Å². The summed E-state index contributed by atoms with van der Waals surface area (Å²) in [5.74, 6) is 0.952. The van der Waals surface area contributed by atoms with E-state index in [1.165, 1.54) is 37.2 Å². The Hall–Kier alpha value is -4.87. The van der Waals surface area contributed by atoms with Gasteiger partial charge in [0.05, 0.1) is 24.9 Å². The van der Waals surface area contributed by atoms with Crippen LogP contribution in [0, 0.1) is 0 Å². The fourth-order valence-corrected chi connectivity index (χ4v) is 4.90. The number of hydrogen-bond acceptors (Lipinski definition) is 8. The topological polar surface area (TPSA) is 118 Å². The van der Waals surface area contributed by atoms with E-state index in [0.717, 1.165) is 24.1 Å². The highest BCUT2D eigenvalue weighted by Crippen LogP contribution is 2.44. The number of methoxy groups -OCH3 is 1. The standard InChI is InChI=1S/C29H25F2N7O3/c1-15(39)20-10-19-11-32-25(22-23(17-8-9-17)33-14-34-28(22)41-3)36-27(19)38(29(20)40)12-16-4-6-18(7-5-16)26-35-21(24(30)31)13-37(26)2/h4-7,10-11,13-14,17,24H,8-9,12H2,1-3H3. The van der Waals surface area contributed by atoms with Crippen LogP contribution in [-0.2, 0) is 13.6 Å². The van der Waals surface area contributed by atoms with Crippen molar-refractivity contribution in [3.63, 3.8) is 0 Å². The van der Waals surface area contributed by atoms with Crippen molar-refractivity contribution in [2.24, 2.45) is 7.05 Å². The smallest absolute Gasteiger partial charge is 0.281 e. The highest BCUT2D eigenvalue weighted by atomic mass is 19.3. The molecule has 0 radical (unpaired) electrons. The third-order valence-corrected chi connectivity index (χ3v) is 7.10. The quantitative estimate of drug-likeness (QED) is 0.252. The number of imidazole rings is 1. The lowest BCUT2D eigenvalue weighted by Gasteiger charge is -2.14. The summed E-state index contributed by atoms with van der Waals surface area (Å²) in [5.41, 5.74) is 2.34. The average molecular weight is 558 g/mol. The van der Waals surface area contributed by atoms with Gasteiger partial charge < -0.3 is 9.30 Å². The summed E-state index contributed by atoms with van der Waals surface area (Å²) in [6, 6.07) is 8.58. The molecule has 1 saturated carbocycles. The van der Waals surface area contributed by atoms with E-state index in [1.54, 1.807) is 42.1 Å². The minimum atomic E-state index is -2.67. The van der Waals surface area contributed by atoms with Crippen LogP contribution in [0.1, 0.15) is 59.4 Å². The number of nitrogens with zero attached hydrogens (tertiary/aromatic N) is 7. The van der Waals surface area contributed by atoms with Crippen molar-refractivity contribution >= 4 is 16.8 Å². The lowest BCUT2D eigenvalue weighted by atomic mass is 10.1. The molecule has 0 spiro atoms. The van der Waals surface area contributed by atoms with Crippen molar-refractivity contribution in [2.45, 2.75) is 38.7 Å². The molecular formula is C29H25F2N7O3. The van der Waals surface area contributed by atoms with Crippen LogP contribution in [0.3, 0.4) is 0 Å². The number of fused-ring (bicyclic) bond motifs is 1. The Balaban J connectivity index is 1.45. The lowest BCUT2D eigenvalue weighted by molar-refractivity contribution is 0.101. The maximum atomic E-state index is 13.5. The summed E-state index contributed by atoms with van der Waals surface area (Å²) < 4.78 is 34.7. The van der Waals surface area contributed by atoms with Gasteiger partial charge in [-0.05, 0) is 31.4 Å². The molecule has 0 unspecified atom stereocenters. The highest BCUT2D eigenvalue weighted by Gasteiger charge is 2.31. The van der Waals surface area contributed by atoms with Crippen LogP contribution in [0.5, 0.6) is 5.88 Å². The Kier molecular flexibility index (Phi) is 6.60. The van der Waals surface area contributed by atoms with E-state index in [9.17, 15) is 18.4 Å². The van der Waals surface area contributed by atoms with E-state index < -0.39 is 12.0 Å². The molecule has 41 heavy (non-hydrogen) atoms. The van der Waals surface area contributed by atoms with E-state index in [2.05, 4.69) is 19.9 Å². The van der Waals surface area contributed by atoms with Crippen molar-refractivity contribution in [3.8, 4) is 28.7 Å². The highest BCUT2D eigenvalue weighted by molar-refractivity contribution is 5.96. The molecule has 0 saturated heterocycles. The molecule has 1 aromatic carbocycles. The number of ether oxygens (including phenoxy) is 1. The molecule has 1 aliphatic carbocycles. The molecule has 0 aliphatic heterocycles. The van der Waals surface area contributed by atoms with Crippen LogP contribution in [0.2, 0.25) is 0 Å². The summed E-state index contributed by atoms with van der Waals surface area (Å²) in [6.45, 7) is 1.44. The molecule has 208 valence electrons. The minimum absolute atomic E-state index is 0.0253. The summed E-state index contributed by atoms with van der Waals surface area (Å²) in [5, 5.41) is 0.520. The van der Waals surface area contributed by atoms with Gasteiger partial charge in [0.1, 0.15) is 29.1 Å². The van der Waals surface area contributed by atoms with Crippen LogP contribution >= 0.6 is 0 Å². The maximum Gasteiger partial charge on any atom is 0.281 e. The number of pyridine rings is 1. The van der Waals surface area contributed by atoms with Crippen LogP contribution < -0.4 is 10.3 Å². The van der Waals surface area contributed by atoms with Gasteiger partial charge >= 0.3 is 0 Å². The molecule has 5 aromatic rings. The average Bonchev–Trinajstić information content (AvgIpc) is 3.74. The van der Waals surface area contributed by atoms with E-state index in [4.69, 9.17) is 9.72 Å². The van der Waals surface area contributed by atoms with Gasteiger partial charge in [0.15, 0.2) is 11.6 Å². The Morgan fingerprint density at radius 2 is 1.88 bits per heavy atom. The second kappa shape index (κ2) is 10.3. The predicted molar refractivity (Wildman–Crippen MR) is 146 cm³/mol. The van der Waals surface area contributed by atoms with Gasteiger partial charge in [-0.15, -0.1) is 0 Å². The van der Waals surface area contributed by atoms with Gasteiger partial charge in [-0.3, -0.25) is 14.2 Å². The number of Topliss-reactive ketones (excluding diaryl/α,β-unsaturated/α-hetero) is 1. The maximum absolute atomic E-state index is 13.5. The minimum Gasteiger partial charge on any atom is -0.480 e. The number of halogens is 2. The SMILES string of the molecule is COc1ncnc(C2CC2)c1-c1ncc2cc(C(C)=O)c(=O)n(Cc3ccc(-c4nc(C(F)F)cn4C)cc3)c2n1. The number of aromatic nitrogens is 7. The van der Waals surface area contributed by atoms with Crippen molar-refractivity contribution in [2.75, 3.05) is 7.11 Å². The third kappa shape index (κ3) is 4.85. The van der Waals surface area contributed by atoms with Crippen molar-refractivity contribution < 1.29 is 18.3 Å². The molecule has 6 rings (SSSR count). The number of aryl methyl sites for hydroxylation is 1. The summed E-state index contributed by atoms with van der Waals surface area (Å²) in [6.07, 6.45) is 3.64. The molecule has 1 fully saturated rings. The van der Waals surface area contributed by atoms with Gasteiger partial charge in [-0.1, -0.05) is 24.3 Å². The zero-order chi connectivity index (χ0) is 28.8. The second-order valence-electron chi connectivity index (χ2n) is 9.99. The number of benzene rings is 1. The number of carbonyl (C=O) groups excluding carboxylic acids is 1. The molecule has 4 heterocycles. The third-order valence-electron chi connectivity index (χ3n) is 7.10. The molecule has 0 atom stereocenters. The van der Waals surface area contributed by atoms with Crippen LogP contribution in [0.15, 0.2) is 53.8 Å². The first kappa shape index (κ1) is 26.4. The van der Waals surface area contributed by atoms with Gasteiger partial charge in [0.2, 0.25) is 5.88 Å². The molecular weight excluding hydrogens is 532 g/mol. The predicted octanol–water partition coefficient (Wildman–Crippen LogP) is 4.72. The number of rotatable bonds is 8. The van der Waals surface area contributed by atoms with Crippen molar-refractivity contribution in [1.82, 2.24) is 34.1 Å². The Labute approximate surface area is 232 Å². The normalized spacial score (nSPS) is 13.2. The van der Waals surface area contributed by atoms with E-state index in [-0.39, 0.29) is 29.5 Å². The van der Waals surface area contributed by atoms with Crippen molar-refractivity contribution in [3.05, 3.63) is 81.9 Å². The molecule has 0 N–H and O–H groups in total. The van der Waals surface area contributed by atoms with Crippen LogP contribution in [0.4, 0.5) is 8.78 Å². The summed E-state index contributed by atoms with van der Waals surface area (Å²) in [4.78, 5) is 47.9. The molecule has 1 aliphatic rings. The fraction of sp³-hybridized carbons (Fsp3) is 0.276.